The monoisotopic (exact) mass is 1920 g/mol. The molecule has 26 rings (SSSR count). The first kappa shape index (κ1) is 93.7. The summed E-state index contributed by atoms with van der Waals surface area (Å²) >= 11 is 0. The number of nitrogens with zero attached hydrogens (tertiary/aromatic N) is 2. The molecule has 8 aromatic carbocycles. The zero-order valence-electron chi connectivity index (χ0n) is 78.9. The molecule has 16 aliphatic rings. The Kier molecular flexibility index (Phi) is 25.5. The Balaban J connectivity index is 0.000000186. The molecule has 660 valence electrons. The van der Waals surface area contributed by atoms with Gasteiger partial charge in [0.1, 0.15) is 23.0 Å². The molecule has 0 radical (unpaired) electrons. The van der Waals surface area contributed by atoms with Crippen LogP contribution in [0.1, 0.15) is 282 Å². The van der Waals surface area contributed by atoms with Gasteiger partial charge in [0.25, 0.3) is 0 Å². The van der Waals surface area contributed by atoms with Gasteiger partial charge in [-0.25, -0.2) is 9.97 Å². The summed E-state index contributed by atoms with van der Waals surface area (Å²) in [5.41, 5.74) is 25.4. The molecule has 0 saturated heterocycles. The molecule has 2 heterocycles. The van der Waals surface area contributed by atoms with Crippen LogP contribution in [0.3, 0.4) is 0 Å². The summed E-state index contributed by atoms with van der Waals surface area (Å²) in [6, 6.07) is 65.7. The Morgan fingerprint density at radius 3 is 0.524 bits per heavy atom. The fourth-order valence-electron chi connectivity index (χ4n) is 29.7. The van der Waals surface area contributed by atoms with Crippen molar-refractivity contribution in [2.45, 2.75) is 281 Å². The molecule has 8 heteroatoms. The van der Waals surface area contributed by atoms with Crippen LogP contribution in [0.5, 0.6) is 23.0 Å². The van der Waals surface area contributed by atoms with E-state index in [1.807, 2.05) is 0 Å². The van der Waals surface area contributed by atoms with Crippen molar-refractivity contribution in [3.63, 3.8) is 0 Å². The van der Waals surface area contributed by atoms with E-state index in [1.54, 1.807) is 0 Å². The maximum atomic E-state index is 12.6. The molecule has 16 fully saturated rings. The smallest absolute Gasteiger partial charge is 0.127 e. The van der Waals surface area contributed by atoms with Crippen molar-refractivity contribution in [1.29, 1.82) is 0 Å². The third kappa shape index (κ3) is 16.5. The fourth-order valence-corrected chi connectivity index (χ4v) is 29.7. The van der Waals surface area contributed by atoms with Gasteiger partial charge in [-0.3, -0.25) is 0 Å². The predicted molar refractivity (Wildman–Crippen MR) is 518 cm³/mol. The van der Waals surface area contributed by atoms with E-state index < -0.39 is 0 Å². The van der Waals surface area contributed by atoms with Crippen molar-refractivity contribution >= 4 is 0 Å². The number of rotatable bonds is 12. The van der Waals surface area contributed by atoms with E-state index in [-0.39, 0.29) is 125 Å². The molecular formula is C118H142HfN2O4Zr-4. The average Bonchev–Trinajstić information content (AvgIpc) is 0.731. The summed E-state index contributed by atoms with van der Waals surface area (Å²) in [7, 11) is 0. The molecule has 10 aromatic rings. The molecule has 16 saturated carbocycles. The number of hydrogen-bond acceptors (Lipinski definition) is 6. The van der Waals surface area contributed by atoms with Crippen LogP contribution in [-0.4, -0.2) is 30.4 Å². The van der Waals surface area contributed by atoms with E-state index in [1.165, 1.54) is 199 Å². The van der Waals surface area contributed by atoms with Gasteiger partial charge in [-0.2, -0.15) is 0 Å². The molecule has 0 unspecified atom stereocenters. The molecule has 4 N–H and O–H groups in total. The molecule has 16 aliphatic carbocycles. The van der Waals surface area contributed by atoms with Gasteiger partial charge in [0.15, 0.2) is 0 Å². The van der Waals surface area contributed by atoms with Crippen molar-refractivity contribution in [3.05, 3.63) is 256 Å². The van der Waals surface area contributed by atoms with Crippen LogP contribution in [-0.2, 0) is 95.4 Å². The summed E-state index contributed by atoms with van der Waals surface area (Å²) in [5.74, 6) is 11.4. The Hall–Kier alpha value is -6.99. The van der Waals surface area contributed by atoms with Gasteiger partial charge < -0.3 is 50.1 Å². The van der Waals surface area contributed by atoms with Crippen LogP contribution in [0.15, 0.2) is 182 Å². The minimum Gasteiger partial charge on any atom is -0.507 e. The van der Waals surface area contributed by atoms with E-state index >= 15 is 0 Å². The first-order valence-electron chi connectivity index (χ1n) is 47.1. The second kappa shape index (κ2) is 34.3. The van der Waals surface area contributed by atoms with Crippen molar-refractivity contribution in [3.8, 4) is 113 Å². The molecule has 0 atom stereocenters. The minimum absolute atomic E-state index is 0. The number of aromatic hydroxyl groups is 4. The van der Waals surface area contributed by atoms with Crippen molar-refractivity contribution in [1.82, 2.24) is 9.97 Å². The summed E-state index contributed by atoms with van der Waals surface area (Å²) in [4.78, 5) is 11.0. The van der Waals surface area contributed by atoms with E-state index in [4.69, 9.17) is 9.97 Å². The summed E-state index contributed by atoms with van der Waals surface area (Å²) in [6.07, 6.45) is 31.1. The van der Waals surface area contributed by atoms with Gasteiger partial charge in [0, 0.05) is 119 Å². The first-order valence-corrected chi connectivity index (χ1v) is 47.1. The first-order chi connectivity index (χ1) is 57.3. The molecule has 0 amide bonds. The van der Waals surface area contributed by atoms with Gasteiger partial charge in [-0.05, 0) is 361 Å². The third-order valence-electron chi connectivity index (χ3n) is 33.8. The average molecular weight is 1920 g/mol. The number of phenolic OH excluding ortho intramolecular Hbond substituents is 4. The van der Waals surface area contributed by atoms with E-state index in [0.29, 0.717) is 23.0 Å². The molecule has 0 aliphatic heterocycles. The maximum Gasteiger partial charge on any atom is 0.127 e. The van der Waals surface area contributed by atoms with Crippen molar-refractivity contribution < 1.29 is 72.5 Å². The van der Waals surface area contributed by atoms with Crippen LogP contribution in [0.2, 0.25) is 0 Å². The Morgan fingerprint density at radius 2 is 0.373 bits per heavy atom. The van der Waals surface area contributed by atoms with Crippen LogP contribution < -0.4 is 0 Å². The molecule has 16 bridgehead atoms. The maximum absolute atomic E-state index is 12.6. The molecular weight excluding hydrogens is 1780 g/mol. The fraction of sp³-hybridized carbons (Fsp3) is 0.475. The SMILES string of the molecule is CC(C)(C)c1cc(-c2ccccc2-c2cccc(-c3ccccc3-c3cc(C(C)(C)C)cc(C45CC6CC(CC(C6)C4)C5)c3O)n2)c(O)c(C23CC4CC(CC(C4)C2)C3)c1.CC(C)(C)c1cc(-c2ccccc2-c2cccc(-c3ccccc3-c3cc(C(C)(C)C)cc(C45CC6CC(CC(C6)C4)C5)c3O)n2)c(O)c(C23CC4CC(CC(C4)C2)C3)c1.[CH3-].[CH3-].[CH3-].[CH3-].[Hf].[Zr]. The zero-order valence-corrected chi connectivity index (χ0v) is 85.0. The van der Waals surface area contributed by atoms with Gasteiger partial charge in [0.05, 0.1) is 22.8 Å². The van der Waals surface area contributed by atoms with Gasteiger partial charge >= 0.3 is 0 Å². The summed E-state index contributed by atoms with van der Waals surface area (Å²) < 4.78 is 0. The van der Waals surface area contributed by atoms with Gasteiger partial charge in [0.2, 0.25) is 0 Å². The number of pyridine rings is 2. The Labute approximate surface area is 796 Å². The van der Waals surface area contributed by atoms with Crippen LogP contribution in [0.4, 0.5) is 0 Å². The number of hydrogen-bond donors (Lipinski definition) is 4. The zero-order chi connectivity index (χ0) is 82.7. The molecule has 126 heavy (non-hydrogen) atoms. The predicted octanol–water partition coefficient (Wildman–Crippen LogP) is 31.2. The number of phenols is 4. The third-order valence-corrected chi connectivity index (χ3v) is 33.8. The Bertz CT molecular complexity index is 4900. The van der Waals surface area contributed by atoms with Gasteiger partial charge in [-0.15, -0.1) is 0 Å². The largest absolute Gasteiger partial charge is 0.507 e. The Morgan fingerprint density at radius 1 is 0.222 bits per heavy atom. The molecule has 6 nitrogen and oxygen atoms in total. The quantitative estimate of drug-likeness (QED) is 0.0717. The summed E-state index contributed by atoms with van der Waals surface area (Å²) in [5, 5.41) is 50.4. The standard InChI is InChI=1S/2C57H65NO2.4CH3.Hf.Zr/c2*1-54(2,3)40-24-46(52(59)48(26-40)56-28-34-18-35(29-56)20-36(19-34)30-56)42-12-7-9-14-44(42)50-16-11-17-51(58-50)45-15-10-8-13-43(45)47-25-41(55(4,5)6)27-49(53(47)60)57-31-37-21-38(32-57)23-39(22-37)33-57;;;;;;/h2*7-17,24-27,34-39,59-60H,18-23,28-33H2,1-6H3;4*1H3;;/q;;4*-1;;. The second-order valence-corrected chi connectivity index (χ2v) is 46.5. The van der Waals surface area contributed by atoms with Crippen molar-refractivity contribution in [2.24, 2.45) is 71.0 Å². The summed E-state index contributed by atoms with van der Waals surface area (Å²) in [6.45, 7) is 27.7. The molecule has 2 aromatic heterocycles. The normalized spacial score (nSPS) is 28.9. The van der Waals surface area contributed by atoms with E-state index in [2.05, 4.69) is 265 Å². The van der Waals surface area contributed by atoms with Crippen LogP contribution in [0, 0.1) is 101 Å². The second-order valence-electron chi connectivity index (χ2n) is 46.5. The van der Waals surface area contributed by atoms with Gasteiger partial charge in [-0.1, -0.05) is 217 Å². The van der Waals surface area contributed by atoms with Crippen LogP contribution >= 0.6 is 0 Å². The topological polar surface area (TPSA) is 107 Å². The number of benzene rings is 8. The van der Waals surface area contributed by atoms with Crippen LogP contribution in [0.25, 0.3) is 89.5 Å². The van der Waals surface area contributed by atoms with E-state index in [9.17, 15) is 20.4 Å². The number of aromatic nitrogens is 2. The van der Waals surface area contributed by atoms with E-state index in [0.717, 1.165) is 161 Å². The van der Waals surface area contributed by atoms with Crippen molar-refractivity contribution in [2.75, 3.05) is 0 Å². The molecule has 0 spiro atoms. The minimum atomic E-state index is -0.0677.